The van der Waals surface area contributed by atoms with Gasteiger partial charge in [-0.3, -0.25) is 4.79 Å². The number of rotatable bonds is 5. The lowest BCUT2D eigenvalue weighted by atomic mass is 10.2. The van der Waals surface area contributed by atoms with E-state index in [0.717, 1.165) is 4.90 Å². The first-order chi connectivity index (χ1) is 8.15. The standard InChI is InChI=1S/C12H11ClN2OS/c1-9(13)8-15-12(16)10-4-2-3-5-11(10)17-7-6-14/h2-5H,1,7-8H2,(H,15,16). The van der Waals surface area contributed by atoms with E-state index in [-0.39, 0.29) is 12.5 Å². The Morgan fingerprint density at radius 2 is 2.24 bits per heavy atom. The number of nitrogens with one attached hydrogen (secondary N) is 1. The summed E-state index contributed by atoms with van der Waals surface area (Å²) in [5.41, 5.74) is 0.547. The van der Waals surface area contributed by atoms with Crippen molar-refractivity contribution >= 4 is 29.3 Å². The van der Waals surface area contributed by atoms with Gasteiger partial charge in [0, 0.05) is 9.93 Å². The molecule has 0 aliphatic heterocycles. The van der Waals surface area contributed by atoms with Crippen molar-refractivity contribution in [2.24, 2.45) is 0 Å². The average Bonchev–Trinajstić information content (AvgIpc) is 2.33. The summed E-state index contributed by atoms with van der Waals surface area (Å²) in [4.78, 5) is 12.6. The van der Waals surface area contributed by atoms with E-state index in [1.54, 1.807) is 12.1 Å². The molecule has 0 saturated heterocycles. The largest absolute Gasteiger partial charge is 0.347 e. The number of halogens is 1. The van der Waals surface area contributed by atoms with Gasteiger partial charge < -0.3 is 5.32 Å². The molecule has 0 spiro atoms. The number of amides is 1. The smallest absolute Gasteiger partial charge is 0.252 e. The summed E-state index contributed by atoms with van der Waals surface area (Å²) >= 11 is 6.91. The van der Waals surface area contributed by atoms with Gasteiger partial charge in [-0.1, -0.05) is 30.3 Å². The lowest BCUT2D eigenvalue weighted by Crippen LogP contribution is -2.24. The summed E-state index contributed by atoms with van der Waals surface area (Å²) in [5, 5.41) is 11.6. The lowest BCUT2D eigenvalue weighted by Gasteiger charge is -2.07. The molecule has 1 aromatic carbocycles. The molecule has 0 bridgehead atoms. The van der Waals surface area contributed by atoms with E-state index in [1.807, 2.05) is 18.2 Å². The van der Waals surface area contributed by atoms with Crippen molar-refractivity contribution in [3.63, 3.8) is 0 Å². The Bertz CT molecular complexity index is 468. The van der Waals surface area contributed by atoms with Crippen LogP contribution in [0.1, 0.15) is 10.4 Å². The molecular weight excluding hydrogens is 256 g/mol. The zero-order valence-electron chi connectivity index (χ0n) is 9.07. The van der Waals surface area contributed by atoms with Crippen LogP contribution in [0.3, 0.4) is 0 Å². The van der Waals surface area contributed by atoms with Crippen molar-refractivity contribution in [3.8, 4) is 6.07 Å². The number of carbonyl (C=O) groups is 1. The lowest BCUT2D eigenvalue weighted by molar-refractivity contribution is 0.0954. The number of nitrogens with zero attached hydrogens (tertiary/aromatic N) is 1. The highest BCUT2D eigenvalue weighted by atomic mass is 35.5. The van der Waals surface area contributed by atoms with Gasteiger partial charge in [0.1, 0.15) is 0 Å². The van der Waals surface area contributed by atoms with Crippen LogP contribution < -0.4 is 5.32 Å². The van der Waals surface area contributed by atoms with Crippen molar-refractivity contribution in [3.05, 3.63) is 41.4 Å². The molecule has 0 aliphatic carbocycles. The SMILES string of the molecule is C=C(Cl)CNC(=O)c1ccccc1SCC#N. The van der Waals surface area contributed by atoms with Gasteiger partial charge in [0.25, 0.3) is 5.91 Å². The second-order valence-corrected chi connectivity index (χ2v) is 4.69. The molecule has 3 nitrogen and oxygen atoms in total. The summed E-state index contributed by atoms with van der Waals surface area (Å²) in [6.45, 7) is 3.73. The van der Waals surface area contributed by atoms with E-state index in [9.17, 15) is 4.79 Å². The molecule has 0 radical (unpaired) electrons. The Morgan fingerprint density at radius 3 is 2.88 bits per heavy atom. The number of benzene rings is 1. The minimum absolute atomic E-state index is 0.215. The zero-order chi connectivity index (χ0) is 12.7. The summed E-state index contributed by atoms with van der Waals surface area (Å²) < 4.78 is 0. The van der Waals surface area contributed by atoms with Crippen LogP contribution in [0.5, 0.6) is 0 Å². The number of hydrogen-bond donors (Lipinski definition) is 1. The van der Waals surface area contributed by atoms with E-state index in [1.165, 1.54) is 11.8 Å². The first kappa shape index (κ1) is 13.6. The zero-order valence-corrected chi connectivity index (χ0v) is 10.6. The van der Waals surface area contributed by atoms with E-state index < -0.39 is 0 Å². The quantitative estimate of drug-likeness (QED) is 0.834. The molecule has 1 N–H and O–H groups in total. The van der Waals surface area contributed by atoms with Crippen molar-refractivity contribution in [2.45, 2.75) is 4.90 Å². The van der Waals surface area contributed by atoms with Crippen molar-refractivity contribution in [2.75, 3.05) is 12.3 Å². The summed E-state index contributed by atoms with van der Waals surface area (Å²) in [6.07, 6.45) is 0. The van der Waals surface area contributed by atoms with Gasteiger partial charge in [-0.25, -0.2) is 0 Å². The number of carbonyl (C=O) groups excluding carboxylic acids is 1. The Hall–Kier alpha value is -1.44. The third-order valence-corrected chi connectivity index (χ3v) is 2.94. The van der Waals surface area contributed by atoms with Crippen LogP contribution in [0, 0.1) is 11.3 Å². The maximum atomic E-state index is 11.8. The normalized spacial score (nSPS) is 9.41. The molecular formula is C12H11ClN2OS. The molecule has 0 fully saturated rings. The van der Waals surface area contributed by atoms with Gasteiger partial charge in [-0.15, -0.1) is 11.8 Å². The fraction of sp³-hybridized carbons (Fsp3) is 0.167. The average molecular weight is 267 g/mol. The first-order valence-corrected chi connectivity index (χ1v) is 6.21. The van der Waals surface area contributed by atoms with Gasteiger partial charge in [0.05, 0.1) is 23.9 Å². The Labute approximate surface area is 109 Å². The molecule has 0 aromatic heterocycles. The predicted molar refractivity (Wildman–Crippen MR) is 70.1 cm³/mol. The first-order valence-electron chi connectivity index (χ1n) is 4.85. The van der Waals surface area contributed by atoms with Gasteiger partial charge in [-0.2, -0.15) is 5.26 Å². The van der Waals surface area contributed by atoms with E-state index in [2.05, 4.69) is 11.9 Å². The van der Waals surface area contributed by atoms with Crippen molar-refractivity contribution < 1.29 is 4.79 Å². The van der Waals surface area contributed by atoms with Crippen LogP contribution in [-0.2, 0) is 0 Å². The fourth-order valence-electron chi connectivity index (χ4n) is 1.16. The van der Waals surface area contributed by atoms with E-state index >= 15 is 0 Å². The van der Waals surface area contributed by atoms with Crippen LogP contribution >= 0.6 is 23.4 Å². The van der Waals surface area contributed by atoms with Gasteiger partial charge in [-0.05, 0) is 12.1 Å². The molecule has 0 unspecified atom stereocenters. The van der Waals surface area contributed by atoms with Crippen molar-refractivity contribution in [1.82, 2.24) is 5.32 Å². The highest BCUT2D eigenvalue weighted by Gasteiger charge is 2.10. The van der Waals surface area contributed by atoms with Crippen LogP contribution in [0.4, 0.5) is 0 Å². The second-order valence-electron chi connectivity index (χ2n) is 3.14. The van der Waals surface area contributed by atoms with Crippen LogP contribution in [0.2, 0.25) is 0 Å². The third kappa shape index (κ3) is 4.51. The van der Waals surface area contributed by atoms with Crippen LogP contribution in [0.25, 0.3) is 0 Å². The monoisotopic (exact) mass is 266 g/mol. The molecule has 1 aromatic rings. The van der Waals surface area contributed by atoms with E-state index in [4.69, 9.17) is 16.9 Å². The Kier molecular flexibility index (Phi) is 5.61. The topological polar surface area (TPSA) is 52.9 Å². The van der Waals surface area contributed by atoms with Gasteiger partial charge in [0.15, 0.2) is 0 Å². The van der Waals surface area contributed by atoms with Gasteiger partial charge in [0.2, 0.25) is 0 Å². The minimum Gasteiger partial charge on any atom is -0.347 e. The number of thioether (sulfide) groups is 1. The molecule has 17 heavy (non-hydrogen) atoms. The van der Waals surface area contributed by atoms with Crippen LogP contribution in [0.15, 0.2) is 40.8 Å². The second kappa shape index (κ2) is 7.00. The van der Waals surface area contributed by atoms with Crippen molar-refractivity contribution in [1.29, 1.82) is 5.26 Å². The van der Waals surface area contributed by atoms with Crippen LogP contribution in [-0.4, -0.2) is 18.2 Å². The number of hydrogen-bond acceptors (Lipinski definition) is 3. The fourth-order valence-corrected chi connectivity index (χ4v) is 1.94. The summed E-state index contributed by atoms with van der Waals surface area (Å²) in [5.74, 6) is 0.0970. The van der Waals surface area contributed by atoms with Gasteiger partial charge >= 0.3 is 0 Å². The molecule has 0 heterocycles. The molecule has 5 heteroatoms. The minimum atomic E-state index is -0.215. The molecule has 0 saturated carbocycles. The molecule has 1 rings (SSSR count). The third-order valence-electron chi connectivity index (χ3n) is 1.86. The number of nitriles is 1. The Morgan fingerprint density at radius 1 is 1.53 bits per heavy atom. The Balaban J connectivity index is 2.78. The predicted octanol–water partition coefficient (Wildman–Crippen LogP) is 2.78. The molecule has 88 valence electrons. The summed E-state index contributed by atoms with van der Waals surface area (Å²) in [6, 6.07) is 9.16. The maximum absolute atomic E-state index is 11.8. The highest BCUT2D eigenvalue weighted by molar-refractivity contribution is 7.99. The molecule has 1 amide bonds. The molecule has 0 atom stereocenters. The maximum Gasteiger partial charge on any atom is 0.252 e. The molecule has 0 aliphatic rings. The summed E-state index contributed by atoms with van der Waals surface area (Å²) in [7, 11) is 0. The highest BCUT2D eigenvalue weighted by Crippen LogP contribution is 2.22. The van der Waals surface area contributed by atoms with E-state index in [0.29, 0.717) is 16.3 Å².